The van der Waals surface area contributed by atoms with Crippen LogP contribution in [0.1, 0.15) is 23.7 Å². The molecule has 0 saturated carbocycles. The van der Waals surface area contributed by atoms with Gasteiger partial charge in [0, 0.05) is 28.6 Å². The summed E-state index contributed by atoms with van der Waals surface area (Å²) in [7, 11) is 0. The predicted octanol–water partition coefficient (Wildman–Crippen LogP) is 3.93. The fourth-order valence-corrected chi connectivity index (χ4v) is 3.20. The Balaban J connectivity index is 2.16. The zero-order valence-corrected chi connectivity index (χ0v) is 14.7. The zero-order valence-electron chi connectivity index (χ0n) is 13.1. The van der Waals surface area contributed by atoms with Crippen molar-refractivity contribution in [2.75, 3.05) is 13.1 Å². The maximum Gasteiger partial charge on any atom is 0.191 e. The van der Waals surface area contributed by atoms with Crippen LogP contribution in [0.15, 0.2) is 29.3 Å². The summed E-state index contributed by atoms with van der Waals surface area (Å²) >= 11 is 7.59. The van der Waals surface area contributed by atoms with Gasteiger partial charge in [-0.15, -0.1) is 11.3 Å². The summed E-state index contributed by atoms with van der Waals surface area (Å²) in [6.45, 7) is 8.44. The maximum atomic E-state index is 6.00. The predicted molar refractivity (Wildman–Crippen MR) is 95.5 cm³/mol. The van der Waals surface area contributed by atoms with Crippen LogP contribution in [0, 0.1) is 6.92 Å². The van der Waals surface area contributed by atoms with Gasteiger partial charge < -0.3 is 10.6 Å². The van der Waals surface area contributed by atoms with Gasteiger partial charge in [-0.1, -0.05) is 23.7 Å². The summed E-state index contributed by atoms with van der Waals surface area (Å²) < 4.78 is 0. The summed E-state index contributed by atoms with van der Waals surface area (Å²) in [5.74, 6) is 0.575. The van der Waals surface area contributed by atoms with Gasteiger partial charge in [0.15, 0.2) is 5.96 Å². The second-order valence-corrected chi connectivity index (χ2v) is 6.59. The van der Waals surface area contributed by atoms with E-state index in [4.69, 9.17) is 17.3 Å². The first-order valence-corrected chi connectivity index (χ1v) is 8.51. The van der Waals surface area contributed by atoms with Gasteiger partial charge in [-0.05, 0) is 32.9 Å². The van der Waals surface area contributed by atoms with Crippen LogP contribution in [-0.4, -0.2) is 28.9 Å². The summed E-state index contributed by atoms with van der Waals surface area (Å²) in [5, 5.41) is 1.70. The molecular weight excluding hydrogens is 316 g/mol. The Bertz CT molecular complexity index is 645. The second kappa shape index (κ2) is 7.61. The number of aryl methyl sites for hydroxylation is 1. The van der Waals surface area contributed by atoms with Crippen molar-refractivity contribution < 1.29 is 0 Å². The molecule has 2 aromatic rings. The lowest BCUT2D eigenvalue weighted by molar-refractivity contribution is 0.458. The van der Waals surface area contributed by atoms with E-state index < -0.39 is 0 Å². The fraction of sp³-hybridized carbons (Fsp3) is 0.375. The molecule has 2 N–H and O–H groups in total. The number of benzene rings is 1. The molecule has 0 aliphatic heterocycles. The molecule has 0 bridgehead atoms. The number of rotatable bonds is 5. The summed E-state index contributed by atoms with van der Waals surface area (Å²) in [6, 6.07) is 7.74. The molecule has 1 aromatic carbocycles. The number of aliphatic imine (C=N–C) groups is 1. The minimum absolute atomic E-state index is 0.515. The molecule has 0 aliphatic rings. The average Bonchev–Trinajstić information content (AvgIpc) is 2.88. The van der Waals surface area contributed by atoms with Crippen molar-refractivity contribution >= 4 is 28.9 Å². The van der Waals surface area contributed by atoms with E-state index in [-0.39, 0.29) is 0 Å². The molecule has 0 atom stereocenters. The molecule has 4 nitrogen and oxygen atoms in total. The third-order valence-electron chi connectivity index (χ3n) is 3.42. The molecule has 2 rings (SSSR count). The number of aromatic nitrogens is 1. The first kappa shape index (κ1) is 16.8. The third-order valence-corrected chi connectivity index (χ3v) is 4.63. The molecule has 118 valence electrons. The van der Waals surface area contributed by atoms with Crippen LogP contribution in [0.4, 0.5) is 0 Å². The molecular formula is C16H21ClN4S. The van der Waals surface area contributed by atoms with Gasteiger partial charge in [0.1, 0.15) is 5.01 Å². The van der Waals surface area contributed by atoms with Crippen molar-refractivity contribution in [3.63, 3.8) is 0 Å². The molecule has 6 heteroatoms. The van der Waals surface area contributed by atoms with Gasteiger partial charge >= 0.3 is 0 Å². The smallest absolute Gasteiger partial charge is 0.191 e. The van der Waals surface area contributed by atoms with Gasteiger partial charge in [-0.3, -0.25) is 0 Å². The standard InChI is InChI=1S/C16H21ClN4S/c1-4-21(5-2)16(18)19-10-14-20-15(11(3)22-14)12-6-8-13(17)9-7-12/h6-9H,4-5,10H2,1-3H3,(H2,18,19). The molecule has 0 aliphatic carbocycles. The lowest BCUT2D eigenvalue weighted by Gasteiger charge is -2.18. The van der Waals surface area contributed by atoms with Crippen molar-refractivity contribution in [3.8, 4) is 11.3 Å². The number of thiazole rings is 1. The van der Waals surface area contributed by atoms with Crippen molar-refractivity contribution in [1.82, 2.24) is 9.88 Å². The molecule has 0 radical (unpaired) electrons. The van der Waals surface area contributed by atoms with Crippen LogP contribution in [0.5, 0.6) is 0 Å². The maximum absolute atomic E-state index is 6.00. The normalized spacial score (nSPS) is 11.7. The monoisotopic (exact) mass is 336 g/mol. The number of hydrogen-bond acceptors (Lipinski definition) is 3. The number of hydrogen-bond donors (Lipinski definition) is 1. The topological polar surface area (TPSA) is 54.5 Å². The van der Waals surface area contributed by atoms with E-state index in [1.54, 1.807) is 11.3 Å². The van der Waals surface area contributed by atoms with Crippen LogP contribution in [0.25, 0.3) is 11.3 Å². The Labute approximate surface area is 140 Å². The lowest BCUT2D eigenvalue weighted by atomic mass is 10.1. The zero-order chi connectivity index (χ0) is 16.1. The minimum Gasteiger partial charge on any atom is -0.370 e. The average molecular weight is 337 g/mol. The fourth-order valence-electron chi connectivity index (χ4n) is 2.19. The molecule has 1 heterocycles. The van der Waals surface area contributed by atoms with Crippen LogP contribution in [-0.2, 0) is 6.54 Å². The first-order chi connectivity index (χ1) is 10.5. The molecule has 0 saturated heterocycles. The van der Waals surface area contributed by atoms with Crippen molar-refractivity contribution in [2.24, 2.45) is 10.7 Å². The molecule has 22 heavy (non-hydrogen) atoms. The summed E-state index contributed by atoms with van der Waals surface area (Å²) in [4.78, 5) is 12.3. The van der Waals surface area contributed by atoms with Crippen molar-refractivity contribution in [2.45, 2.75) is 27.3 Å². The van der Waals surface area contributed by atoms with E-state index in [1.807, 2.05) is 29.2 Å². The number of guanidine groups is 1. The van der Waals surface area contributed by atoms with Gasteiger partial charge in [-0.2, -0.15) is 0 Å². The SMILES string of the molecule is CCN(CC)C(N)=NCc1nc(-c2ccc(Cl)cc2)c(C)s1. The lowest BCUT2D eigenvalue weighted by Crippen LogP contribution is -2.37. The van der Waals surface area contributed by atoms with Crippen molar-refractivity contribution in [3.05, 3.63) is 39.2 Å². The largest absolute Gasteiger partial charge is 0.370 e. The van der Waals surface area contributed by atoms with E-state index in [0.717, 1.165) is 34.4 Å². The molecule has 0 amide bonds. The molecule has 1 aromatic heterocycles. The van der Waals surface area contributed by atoms with Crippen LogP contribution in [0.2, 0.25) is 5.02 Å². The highest BCUT2D eigenvalue weighted by Gasteiger charge is 2.10. The Kier molecular flexibility index (Phi) is 5.80. The number of nitrogens with two attached hydrogens (primary N) is 1. The van der Waals surface area contributed by atoms with Gasteiger partial charge in [0.25, 0.3) is 0 Å². The summed E-state index contributed by atoms with van der Waals surface area (Å²) in [5.41, 5.74) is 8.07. The second-order valence-electron chi connectivity index (χ2n) is 4.87. The third kappa shape index (κ3) is 3.99. The minimum atomic E-state index is 0.515. The highest BCUT2D eigenvalue weighted by atomic mass is 35.5. The summed E-state index contributed by atoms with van der Waals surface area (Å²) in [6.07, 6.45) is 0. The van der Waals surface area contributed by atoms with E-state index in [1.165, 1.54) is 4.88 Å². The van der Waals surface area contributed by atoms with E-state index in [2.05, 4.69) is 30.7 Å². The molecule has 0 fully saturated rings. The quantitative estimate of drug-likeness (QED) is 0.665. The number of halogens is 1. The van der Waals surface area contributed by atoms with Crippen LogP contribution < -0.4 is 5.73 Å². The van der Waals surface area contributed by atoms with Crippen molar-refractivity contribution in [1.29, 1.82) is 0 Å². The molecule has 0 spiro atoms. The van der Waals surface area contributed by atoms with Crippen LogP contribution >= 0.6 is 22.9 Å². The highest BCUT2D eigenvalue weighted by Crippen LogP contribution is 2.28. The Morgan fingerprint density at radius 3 is 2.50 bits per heavy atom. The van der Waals surface area contributed by atoms with E-state index in [0.29, 0.717) is 12.5 Å². The van der Waals surface area contributed by atoms with Crippen LogP contribution in [0.3, 0.4) is 0 Å². The highest BCUT2D eigenvalue weighted by molar-refractivity contribution is 7.12. The van der Waals surface area contributed by atoms with Gasteiger partial charge in [0.05, 0.1) is 12.2 Å². The first-order valence-electron chi connectivity index (χ1n) is 7.32. The van der Waals surface area contributed by atoms with Gasteiger partial charge in [-0.25, -0.2) is 9.98 Å². The molecule has 0 unspecified atom stereocenters. The van der Waals surface area contributed by atoms with E-state index >= 15 is 0 Å². The Hall–Kier alpha value is -1.59. The van der Waals surface area contributed by atoms with E-state index in [9.17, 15) is 0 Å². The number of nitrogens with zero attached hydrogens (tertiary/aromatic N) is 3. The van der Waals surface area contributed by atoms with Gasteiger partial charge in [0.2, 0.25) is 0 Å². The Morgan fingerprint density at radius 1 is 1.27 bits per heavy atom. The Morgan fingerprint density at radius 2 is 1.91 bits per heavy atom.